The standard InChI is InChI=1S/C3H6S2.Ta/c4-5-2-1-3-5;/h1-3H2;. The molecule has 0 aliphatic carbocycles. The Morgan fingerprint density at radius 1 is 1.33 bits per heavy atom. The monoisotopic (exact) mass is 287 g/mol. The average molecular weight is 287 g/mol. The van der Waals surface area contributed by atoms with Gasteiger partial charge in [0.2, 0.25) is 0 Å². The first-order valence-corrected chi connectivity index (χ1v) is 4.23. The third kappa shape index (κ3) is 1.94. The molecule has 6 heavy (non-hydrogen) atoms. The van der Waals surface area contributed by atoms with E-state index >= 15 is 0 Å². The van der Waals surface area contributed by atoms with Crippen molar-refractivity contribution >= 4 is 21.6 Å². The van der Waals surface area contributed by atoms with Gasteiger partial charge in [0.1, 0.15) is 0 Å². The van der Waals surface area contributed by atoms with Gasteiger partial charge in [-0.2, -0.15) is 0 Å². The second kappa shape index (κ2) is 3.44. The number of hydrogen-bond acceptors (Lipinski definition) is 1. The van der Waals surface area contributed by atoms with Gasteiger partial charge in [0.25, 0.3) is 0 Å². The molecule has 1 aliphatic rings. The van der Waals surface area contributed by atoms with Crippen LogP contribution in [0.3, 0.4) is 0 Å². The summed E-state index contributed by atoms with van der Waals surface area (Å²) in [4.78, 5) is 0. The predicted octanol–water partition coefficient (Wildman–Crippen LogP) is 0.468. The Morgan fingerprint density at radius 3 is 1.67 bits per heavy atom. The summed E-state index contributed by atoms with van der Waals surface area (Å²) in [6.07, 6.45) is 1.40. The van der Waals surface area contributed by atoms with Crippen LogP contribution in [0.15, 0.2) is 0 Å². The maximum atomic E-state index is 4.89. The molecule has 0 unspecified atom stereocenters. The normalized spacial score (nSPS) is 21.5. The minimum absolute atomic E-state index is 0. The summed E-state index contributed by atoms with van der Waals surface area (Å²) in [5.74, 6) is 2.66. The van der Waals surface area contributed by atoms with Crippen molar-refractivity contribution < 1.29 is 22.4 Å². The molecular formula is C3H6S2Ta. The summed E-state index contributed by atoms with van der Waals surface area (Å²) < 4.78 is 0. The third-order valence-corrected chi connectivity index (χ3v) is 3.23. The molecule has 1 saturated heterocycles. The minimum atomic E-state index is 0. The van der Waals surface area contributed by atoms with E-state index in [1.807, 2.05) is 0 Å². The van der Waals surface area contributed by atoms with Crippen molar-refractivity contribution in [2.45, 2.75) is 6.42 Å². The second-order valence-electron chi connectivity index (χ2n) is 1.20. The molecule has 0 saturated carbocycles. The van der Waals surface area contributed by atoms with Crippen LogP contribution in [0.2, 0.25) is 0 Å². The van der Waals surface area contributed by atoms with E-state index in [4.69, 9.17) is 11.7 Å². The van der Waals surface area contributed by atoms with Gasteiger partial charge >= 0.3 is 0 Å². The van der Waals surface area contributed by atoms with E-state index in [9.17, 15) is 0 Å². The van der Waals surface area contributed by atoms with Crippen LogP contribution in [0, 0.1) is 0 Å². The molecule has 0 atom stereocenters. The van der Waals surface area contributed by atoms with Crippen LogP contribution in [0.25, 0.3) is 0 Å². The Balaban J connectivity index is 0.000000250. The minimum Gasteiger partial charge on any atom is -0.476 e. The van der Waals surface area contributed by atoms with Gasteiger partial charge < -0.3 is 11.7 Å². The smallest absolute Gasteiger partial charge is 0.0915 e. The van der Waals surface area contributed by atoms with Crippen molar-refractivity contribution in [3.05, 3.63) is 0 Å². The van der Waals surface area contributed by atoms with Gasteiger partial charge in [-0.1, -0.05) is 0 Å². The molecule has 0 aromatic heterocycles. The van der Waals surface area contributed by atoms with Gasteiger partial charge in [-0.15, -0.1) is 9.93 Å². The number of hydrogen-bond donors (Lipinski definition) is 0. The maximum absolute atomic E-state index is 4.89. The summed E-state index contributed by atoms with van der Waals surface area (Å²) >= 11 is 4.89. The topological polar surface area (TPSA) is 0 Å². The van der Waals surface area contributed by atoms with Crippen molar-refractivity contribution in [1.82, 2.24) is 0 Å². The molecule has 0 aromatic rings. The zero-order valence-corrected chi connectivity index (χ0v) is 8.23. The first-order valence-electron chi connectivity index (χ1n) is 1.74. The molecule has 1 radical (unpaired) electrons. The maximum Gasteiger partial charge on any atom is 0.0915 e. The summed E-state index contributed by atoms with van der Waals surface area (Å²) in [6, 6.07) is 0. The van der Waals surface area contributed by atoms with E-state index < -0.39 is 0 Å². The van der Waals surface area contributed by atoms with Crippen LogP contribution in [-0.2, 0) is 44.0 Å². The molecule has 1 heterocycles. The molecule has 0 amide bonds. The van der Waals surface area contributed by atoms with E-state index in [0.29, 0.717) is 9.93 Å². The van der Waals surface area contributed by atoms with E-state index in [1.165, 1.54) is 17.9 Å². The molecule has 1 aliphatic heterocycles. The van der Waals surface area contributed by atoms with Crippen molar-refractivity contribution in [1.29, 1.82) is 0 Å². The van der Waals surface area contributed by atoms with Crippen LogP contribution in [-0.4, -0.2) is 11.5 Å². The molecule has 35 valence electrons. The molecule has 0 aromatic carbocycles. The van der Waals surface area contributed by atoms with Gasteiger partial charge in [0.15, 0.2) is 0 Å². The molecular weight excluding hydrogens is 281 g/mol. The zero-order valence-electron chi connectivity index (χ0n) is 3.39. The molecule has 1 rings (SSSR count). The van der Waals surface area contributed by atoms with E-state index in [1.54, 1.807) is 0 Å². The largest absolute Gasteiger partial charge is 0.476 e. The van der Waals surface area contributed by atoms with E-state index in [-0.39, 0.29) is 22.4 Å². The quantitative estimate of drug-likeness (QED) is 0.354. The molecule has 3 heteroatoms. The summed E-state index contributed by atoms with van der Waals surface area (Å²) in [7, 11) is 0.441. The molecule has 1 fully saturated rings. The van der Waals surface area contributed by atoms with Gasteiger partial charge in [0.05, 0.1) is 11.5 Å². The number of rotatable bonds is 0. The van der Waals surface area contributed by atoms with Crippen molar-refractivity contribution in [2.24, 2.45) is 0 Å². The fraction of sp³-hybridized carbons (Fsp3) is 1.00. The predicted molar refractivity (Wildman–Crippen MR) is 29.1 cm³/mol. The Morgan fingerprint density at radius 2 is 1.67 bits per heavy atom. The molecule has 0 bridgehead atoms. The Hall–Kier alpha value is 1.44. The van der Waals surface area contributed by atoms with Crippen LogP contribution in [0.5, 0.6) is 0 Å². The molecule has 0 N–H and O–H groups in total. The van der Waals surface area contributed by atoms with Gasteiger partial charge in [0, 0.05) is 28.8 Å². The first-order chi connectivity index (χ1) is 2.39. The van der Waals surface area contributed by atoms with Crippen LogP contribution in [0.4, 0.5) is 0 Å². The van der Waals surface area contributed by atoms with Crippen molar-refractivity contribution in [3.63, 3.8) is 0 Å². The third-order valence-electron chi connectivity index (χ3n) is 0.744. The fourth-order valence-electron chi connectivity index (χ4n) is 0.262. The first kappa shape index (κ1) is 7.44. The van der Waals surface area contributed by atoms with Crippen molar-refractivity contribution in [2.75, 3.05) is 11.5 Å². The Bertz CT molecular complexity index is 35.8. The fourth-order valence-corrected chi connectivity index (χ4v) is 1.49. The zero-order chi connectivity index (χ0) is 3.70. The van der Waals surface area contributed by atoms with Crippen molar-refractivity contribution in [3.8, 4) is 0 Å². The van der Waals surface area contributed by atoms with Gasteiger partial charge in [-0.3, -0.25) is 0 Å². The van der Waals surface area contributed by atoms with Gasteiger partial charge in [-0.05, 0) is 0 Å². The summed E-state index contributed by atoms with van der Waals surface area (Å²) in [6.45, 7) is 0. The van der Waals surface area contributed by atoms with E-state index in [0.717, 1.165) is 0 Å². The van der Waals surface area contributed by atoms with Crippen LogP contribution < -0.4 is 0 Å². The Kier molecular flexibility index (Phi) is 4.27. The SMILES string of the molecule is [S-][S+]1CCC1.[Ta]. The molecule has 0 nitrogen and oxygen atoms in total. The van der Waals surface area contributed by atoms with Crippen LogP contribution >= 0.6 is 0 Å². The van der Waals surface area contributed by atoms with Crippen LogP contribution in [0.1, 0.15) is 6.42 Å². The summed E-state index contributed by atoms with van der Waals surface area (Å²) in [5, 5.41) is 0. The average Bonchev–Trinajstić information content (AvgIpc) is 1.30. The summed E-state index contributed by atoms with van der Waals surface area (Å²) in [5.41, 5.74) is 0. The Labute approximate surface area is 61.7 Å². The molecule has 0 spiro atoms. The van der Waals surface area contributed by atoms with Gasteiger partial charge in [-0.25, -0.2) is 0 Å². The van der Waals surface area contributed by atoms with E-state index in [2.05, 4.69) is 0 Å². The second-order valence-corrected chi connectivity index (χ2v) is 4.31.